The van der Waals surface area contributed by atoms with E-state index in [2.05, 4.69) is 0 Å². The normalized spacial score (nSPS) is 14.7. The summed E-state index contributed by atoms with van der Waals surface area (Å²) < 4.78 is 25.9. The summed E-state index contributed by atoms with van der Waals surface area (Å²) in [6.45, 7) is 0. The van der Waals surface area contributed by atoms with E-state index in [0.717, 1.165) is 16.0 Å². The van der Waals surface area contributed by atoms with Crippen LogP contribution in [0.3, 0.4) is 0 Å². The third kappa shape index (κ3) is 2.51. The van der Waals surface area contributed by atoms with Crippen molar-refractivity contribution in [1.29, 1.82) is 0 Å². The zero-order valence-electron chi connectivity index (χ0n) is 13.4. The number of thioether (sulfide) groups is 1. The second-order valence-corrected chi connectivity index (χ2v) is 8.53. The molecule has 0 radical (unpaired) electrons. The molecule has 0 fully saturated rings. The zero-order valence-corrected chi connectivity index (χ0v) is 15.0. The van der Waals surface area contributed by atoms with E-state index in [-0.39, 0.29) is 26.7 Å². The summed E-state index contributed by atoms with van der Waals surface area (Å²) in [7, 11) is -3.70. The molecule has 3 aromatic rings. The van der Waals surface area contributed by atoms with Crippen LogP contribution in [0.25, 0.3) is 11.1 Å². The van der Waals surface area contributed by atoms with E-state index in [0.29, 0.717) is 0 Å². The molecule has 0 amide bonds. The predicted octanol–water partition coefficient (Wildman–Crippen LogP) is 4.45. The Morgan fingerprint density at radius 3 is 2.12 bits per heavy atom. The third-order valence-electron chi connectivity index (χ3n) is 4.36. The van der Waals surface area contributed by atoms with Crippen LogP contribution in [0.1, 0.15) is 15.9 Å². The molecular formula is C20H14O3S2. The van der Waals surface area contributed by atoms with E-state index in [9.17, 15) is 13.2 Å². The maximum absolute atomic E-state index is 13.0. The molecule has 0 bridgehead atoms. The summed E-state index contributed by atoms with van der Waals surface area (Å²) in [5.74, 6) is -0.246. The fraction of sp³-hybridized carbons (Fsp3) is 0.0500. The van der Waals surface area contributed by atoms with Gasteiger partial charge in [-0.05, 0) is 53.8 Å². The zero-order chi connectivity index (χ0) is 17.6. The van der Waals surface area contributed by atoms with Gasteiger partial charge in [0.15, 0.2) is 5.78 Å². The van der Waals surface area contributed by atoms with E-state index in [4.69, 9.17) is 0 Å². The van der Waals surface area contributed by atoms with Crippen molar-refractivity contribution in [3.05, 3.63) is 77.9 Å². The SMILES string of the molecule is CSc1ccc(-c2ccc3c(c2)S(=O)(=O)c2ccccc2C3=O)cc1. The first-order chi connectivity index (χ1) is 12.0. The van der Waals surface area contributed by atoms with Gasteiger partial charge in [-0.25, -0.2) is 8.42 Å². The van der Waals surface area contributed by atoms with Crippen molar-refractivity contribution >= 4 is 27.4 Å². The second-order valence-electron chi connectivity index (χ2n) is 5.77. The molecule has 0 atom stereocenters. The maximum Gasteiger partial charge on any atom is 0.208 e. The molecule has 0 aliphatic carbocycles. The Kier molecular flexibility index (Phi) is 3.78. The number of benzene rings is 3. The third-order valence-corrected chi connectivity index (χ3v) is 6.96. The highest BCUT2D eigenvalue weighted by atomic mass is 32.2. The molecule has 25 heavy (non-hydrogen) atoms. The molecule has 124 valence electrons. The average Bonchev–Trinajstić information content (AvgIpc) is 2.66. The van der Waals surface area contributed by atoms with Gasteiger partial charge in [-0.2, -0.15) is 0 Å². The number of ketones is 1. The minimum Gasteiger partial charge on any atom is -0.289 e. The maximum atomic E-state index is 13.0. The summed E-state index contributed by atoms with van der Waals surface area (Å²) in [6, 6.07) is 19.3. The van der Waals surface area contributed by atoms with Crippen LogP contribution in [0.15, 0.2) is 81.4 Å². The Hall–Kier alpha value is -2.37. The van der Waals surface area contributed by atoms with Gasteiger partial charge in [0, 0.05) is 16.0 Å². The predicted molar refractivity (Wildman–Crippen MR) is 99.0 cm³/mol. The lowest BCUT2D eigenvalue weighted by atomic mass is 9.99. The molecule has 3 aromatic carbocycles. The van der Waals surface area contributed by atoms with Gasteiger partial charge >= 0.3 is 0 Å². The highest BCUT2D eigenvalue weighted by Crippen LogP contribution is 2.36. The standard InChI is InChI=1S/C20H14O3S2/c1-24-15-9-6-13(7-10-15)14-8-11-17-19(12-14)25(22,23)18-5-3-2-4-16(18)20(17)21/h2-12H,1H3. The Morgan fingerprint density at radius 1 is 0.760 bits per heavy atom. The Balaban J connectivity index is 1.90. The lowest BCUT2D eigenvalue weighted by Gasteiger charge is -2.19. The van der Waals surface area contributed by atoms with Crippen LogP contribution in [0.4, 0.5) is 0 Å². The molecule has 4 rings (SSSR count). The fourth-order valence-electron chi connectivity index (χ4n) is 3.05. The molecule has 0 spiro atoms. The molecule has 1 aliphatic rings. The number of sulfone groups is 1. The molecule has 3 nitrogen and oxygen atoms in total. The molecule has 0 N–H and O–H groups in total. The van der Waals surface area contributed by atoms with Crippen LogP contribution < -0.4 is 0 Å². The van der Waals surface area contributed by atoms with Gasteiger partial charge in [0.25, 0.3) is 0 Å². The van der Waals surface area contributed by atoms with Crippen molar-refractivity contribution in [3.8, 4) is 11.1 Å². The van der Waals surface area contributed by atoms with E-state index >= 15 is 0 Å². The largest absolute Gasteiger partial charge is 0.289 e. The van der Waals surface area contributed by atoms with Crippen molar-refractivity contribution in [1.82, 2.24) is 0 Å². The minimum absolute atomic E-state index is 0.0855. The van der Waals surface area contributed by atoms with Gasteiger partial charge < -0.3 is 0 Å². The van der Waals surface area contributed by atoms with Gasteiger partial charge in [0.1, 0.15) is 0 Å². The number of rotatable bonds is 2. The number of hydrogen-bond donors (Lipinski definition) is 0. The first-order valence-electron chi connectivity index (χ1n) is 7.69. The van der Waals surface area contributed by atoms with Crippen LogP contribution in [-0.4, -0.2) is 20.5 Å². The summed E-state index contributed by atoms with van der Waals surface area (Å²) in [5.41, 5.74) is 2.18. The molecule has 1 heterocycles. The first-order valence-corrected chi connectivity index (χ1v) is 10.4. The van der Waals surface area contributed by atoms with Crippen LogP contribution in [0.5, 0.6) is 0 Å². The number of carbonyl (C=O) groups excluding carboxylic acids is 1. The summed E-state index contributed by atoms with van der Waals surface area (Å²) in [4.78, 5) is 14.0. The van der Waals surface area contributed by atoms with Crippen LogP contribution >= 0.6 is 11.8 Å². The van der Waals surface area contributed by atoms with E-state index < -0.39 is 9.84 Å². The monoisotopic (exact) mass is 366 g/mol. The van der Waals surface area contributed by atoms with Gasteiger partial charge in [-0.3, -0.25) is 4.79 Å². The van der Waals surface area contributed by atoms with Gasteiger partial charge in [0.2, 0.25) is 9.84 Å². The minimum atomic E-state index is -3.70. The van der Waals surface area contributed by atoms with Gasteiger partial charge in [-0.15, -0.1) is 11.8 Å². The molecule has 0 saturated carbocycles. The van der Waals surface area contributed by atoms with E-state index in [1.165, 1.54) is 6.07 Å². The van der Waals surface area contributed by atoms with Crippen molar-refractivity contribution in [2.45, 2.75) is 14.7 Å². The molecular weight excluding hydrogens is 352 g/mol. The van der Waals surface area contributed by atoms with E-state index in [1.54, 1.807) is 48.2 Å². The molecule has 5 heteroatoms. The average molecular weight is 366 g/mol. The van der Waals surface area contributed by atoms with Crippen molar-refractivity contribution in [2.75, 3.05) is 6.26 Å². The number of carbonyl (C=O) groups is 1. The quantitative estimate of drug-likeness (QED) is 0.492. The van der Waals surface area contributed by atoms with Crippen LogP contribution in [0.2, 0.25) is 0 Å². The molecule has 0 unspecified atom stereocenters. The smallest absolute Gasteiger partial charge is 0.208 e. The van der Waals surface area contributed by atoms with Crippen molar-refractivity contribution < 1.29 is 13.2 Å². The summed E-state index contributed by atoms with van der Waals surface area (Å²) in [6.07, 6.45) is 2.00. The molecule has 1 aliphatic heterocycles. The Morgan fingerprint density at radius 2 is 1.40 bits per heavy atom. The fourth-order valence-corrected chi connectivity index (χ4v) is 5.13. The highest BCUT2D eigenvalue weighted by Gasteiger charge is 2.34. The number of hydrogen-bond acceptors (Lipinski definition) is 4. The van der Waals surface area contributed by atoms with Crippen molar-refractivity contribution in [2.24, 2.45) is 0 Å². The topological polar surface area (TPSA) is 51.2 Å². The lowest BCUT2D eigenvalue weighted by molar-refractivity contribution is 0.103. The molecule has 0 saturated heterocycles. The lowest BCUT2D eigenvalue weighted by Crippen LogP contribution is -2.20. The number of fused-ring (bicyclic) bond motifs is 2. The second kappa shape index (κ2) is 5.86. The van der Waals surface area contributed by atoms with Gasteiger partial charge in [0.05, 0.1) is 9.79 Å². The first kappa shape index (κ1) is 16.1. The van der Waals surface area contributed by atoms with Crippen LogP contribution in [-0.2, 0) is 9.84 Å². The van der Waals surface area contributed by atoms with E-state index in [1.807, 2.05) is 30.5 Å². The Labute approximate surface area is 150 Å². The Bertz CT molecular complexity index is 1100. The van der Waals surface area contributed by atoms with Gasteiger partial charge in [-0.1, -0.05) is 30.3 Å². The van der Waals surface area contributed by atoms with Crippen LogP contribution in [0, 0.1) is 0 Å². The highest BCUT2D eigenvalue weighted by molar-refractivity contribution is 7.98. The summed E-state index contributed by atoms with van der Waals surface area (Å²) >= 11 is 1.65. The summed E-state index contributed by atoms with van der Waals surface area (Å²) in [5, 5.41) is 0. The van der Waals surface area contributed by atoms with Crippen molar-refractivity contribution in [3.63, 3.8) is 0 Å². The molecule has 0 aromatic heterocycles.